The number of rotatable bonds is 7. The molecule has 0 spiro atoms. The third kappa shape index (κ3) is 5.43. The molecule has 2 N–H and O–H groups in total. The highest BCUT2D eigenvalue weighted by atomic mass is 16.5. The summed E-state index contributed by atoms with van der Waals surface area (Å²) in [5.74, 6) is 1.68. The van der Waals surface area contributed by atoms with Crippen LogP contribution in [0.3, 0.4) is 0 Å². The van der Waals surface area contributed by atoms with Crippen molar-refractivity contribution in [1.82, 2.24) is 25.3 Å². The van der Waals surface area contributed by atoms with Gasteiger partial charge in [-0.15, -0.1) is 0 Å². The molecule has 0 radical (unpaired) electrons. The van der Waals surface area contributed by atoms with Crippen LogP contribution in [-0.2, 0) is 4.74 Å². The first kappa shape index (κ1) is 25.5. The van der Waals surface area contributed by atoms with Crippen molar-refractivity contribution in [1.29, 1.82) is 0 Å². The number of amides is 1. The van der Waals surface area contributed by atoms with Crippen LogP contribution in [0.1, 0.15) is 42.6 Å². The number of para-hydroxylation sites is 1. The molecule has 1 atom stereocenters. The van der Waals surface area contributed by atoms with Gasteiger partial charge in [-0.3, -0.25) is 9.78 Å². The van der Waals surface area contributed by atoms with Crippen molar-refractivity contribution in [2.75, 3.05) is 43.5 Å². The molecule has 196 valence electrons. The van der Waals surface area contributed by atoms with Gasteiger partial charge in [-0.1, -0.05) is 25.1 Å². The number of hydrogen-bond donors (Lipinski definition) is 2. The molecule has 38 heavy (non-hydrogen) atoms. The molecule has 1 unspecified atom stereocenters. The Morgan fingerprint density at radius 1 is 1.13 bits per heavy atom. The SMILES string of the molecule is CNC(=O)c1ccnc2c(C(C)CNc3cc(-c4ccc(N5CCOC(C)(C)C5)nc4)ncn3)cccc12. The summed E-state index contributed by atoms with van der Waals surface area (Å²) >= 11 is 0. The van der Waals surface area contributed by atoms with Crippen LogP contribution in [0.15, 0.2) is 61.2 Å². The summed E-state index contributed by atoms with van der Waals surface area (Å²) in [5.41, 5.74) is 4.08. The van der Waals surface area contributed by atoms with Gasteiger partial charge in [0.15, 0.2) is 0 Å². The number of benzene rings is 1. The van der Waals surface area contributed by atoms with Gasteiger partial charge in [0, 0.05) is 62.0 Å². The van der Waals surface area contributed by atoms with E-state index in [1.54, 1.807) is 25.6 Å². The van der Waals surface area contributed by atoms with E-state index in [0.717, 1.165) is 52.4 Å². The fourth-order valence-corrected chi connectivity index (χ4v) is 4.85. The summed E-state index contributed by atoms with van der Waals surface area (Å²) in [6.45, 7) is 9.30. The van der Waals surface area contributed by atoms with E-state index >= 15 is 0 Å². The molecule has 4 aromatic rings. The largest absolute Gasteiger partial charge is 0.372 e. The quantitative estimate of drug-likeness (QED) is 0.379. The van der Waals surface area contributed by atoms with Crippen molar-refractivity contribution in [3.63, 3.8) is 0 Å². The Balaban J connectivity index is 1.29. The van der Waals surface area contributed by atoms with Crippen molar-refractivity contribution in [3.8, 4) is 11.3 Å². The maximum Gasteiger partial charge on any atom is 0.251 e. The molecule has 9 nitrogen and oxygen atoms in total. The van der Waals surface area contributed by atoms with E-state index in [0.29, 0.717) is 18.7 Å². The molecule has 1 aromatic carbocycles. The van der Waals surface area contributed by atoms with Crippen LogP contribution in [-0.4, -0.2) is 64.7 Å². The number of nitrogens with zero attached hydrogens (tertiary/aromatic N) is 5. The number of carbonyl (C=O) groups is 1. The number of aromatic nitrogens is 4. The Bertz CT molecular complexity index is 1440. The van der Waals surface area contributed by atoms with Crippen molar-refractivity contribution >= 4 is 28.4 Å². The molecule has 0 bridgehead atoms. The number of pyridine rings is 2. The number of anilines is 2. The first-order valence-electron chi connectivity index (χ1n) is 12.9. The summed E-state index contributed by atoms with van der Waals surface area (Å²) in [4.78, 5) is 32.7. The number of ether oxygens (including phenoxy) is 1. The van der Waals surface area contributed by atoms with Gasteiger partial charge in [0.25, 0.3) is 5.91 Å². The Morgan fingerprint density at radius 3 is 2.76 bits per heavy atom. The molecule has 1 aliphatic rings. The van der Waals surface area contributed by atoms with Crippen molar-refractivity contribution < 1.29 is 9.53 Å². The average Bonchev–Trinajstić information content (AvgIpc) is 2.94. The van der Waals surface area contributed by atoms with Crippen LogP contribution in [0.4, 0.5) is 11.6 Å². The molecule has 9 heteroatoms. The van der Waals surface area contributed by atoms with Crippen LogP contribution < -0.4 is 15.5 Å². The summed E-state index contributed by atoms with van der Waals surface area (Å²) in [5, 5.41) is 6.99. The normalized spacial score (nSPS) is 15.7. The minimum Gasteiger partial charge on any atom is -0.372 e. The average molecular weight is 512 g/mol. The number of carbonyl (C=O) groups excluding carboxylic acids is 1. The highest BCUT2D eigenvalue weighted by Crippen LogP contribution is 2.28. The van der Waals surface area contributed by atoms with Crippen LogP contribution >= 0.6 is 0 Å². The van der Waals surface area contributed by atoms with Gasteiger partial charge in [-0.25, -0.2) is 15.0 Å². The lowest BCUT2D eigenvalue weighted by Gasteiger charge is -2.38. The van der Waals surface area contributed by atoms with Gasteiger partial charge < -0.3 is 20.3 Å². The molecule has 1 fully saturated rings. The van der Waals surface area contributed by atoms with E-state index < -0.39 is 0 Å². The summed E-state index contributed by atoms with van der Waals surface area (Å²) in [6, 6.07) is 13.7. The first-order valence-corrected chi connectivity index (χ1v) is 12.9. The molecule has 1 saturated heterocycles. The summed E-state index contributed by atoms with van der Waals surface area (Å²) in [6.07, 6.45) is 5.11. The van der Waals surface area contributed by atoms with Gasteiger partial charge >= 0.3 is 0 Å². The summed E-state index contributed by atoms with van der Waals surface area (Å²) in [7, 11) is 1.64. The first-order chi connectivity index (χ1) is 18.3. The van der Waals surface area contributed by atoms with E-state index in [1.807, 2.05) is 36.5 Å². The second kappa shape index (κ2) is 10.7. The molecule has 1 amide bonds. The molecule has 3 aromatic heterocycles. The van der Waals surface area contributed by atoms with Gasteiger partial charge in [0.1, 0.15) is 18.0 Å². The van der Waals surface area contributed by atoms with Gasteiger partial charge in [0.05, 0.1) is 29.0 Å². The highest BCUT2D eigenvalue weighted by Gasteiger charge is 2.27. The van der Waals surface area contributed by atoms with Crippen molar-refractivity contribution in [2.45, 2.75) is 32.3 Å². The van der Waals surface area contributed by atoms with Crippen LogP contribution in [0, 0.1) is 0 Å². The zero-order chi connectivity index (χ0) is 26.7. The van der Waals surface area contributed by atoms with Crippen LogP contribution in [0.5, 0.6) is 0 Å². The Labute approximate surface area is 222 Å². The van der Waals surface area contributed by atoms with Crippen LogP contribution in [0.2, 0.25) is 0 Å². The van der Waals surface area contributed by atoms with E-state index in [2.05, 4.69) is 57.3 Å². The zero-order valence-corrected chi connectivity index (χ0v) is 22.2. The minimum absolute atomic E-state index is 0.120. The monoisotopic (exact) mass is 511 g/mol. The second-order valence-corrected chi connectivity index (χ2v) is 10.2. The third-order valence-electron chi connectivity index (χ3n) is 6.85. The Kier molecular flexibility index (Phi) is 7.20. The van der Waals surface area contributed by atoms with E-state index in [4.69, 9.17) is 9.72 Å². The Hall–Kier alpha value is -4.11. The lowest BCUT2D eigenvalue weighted by Crippen LogP contribution is -2.48. The molecule has 1 aliphatic heterocycles. The number of fused-ring (bicyclic) bond motifs is 1. The lowest BCUT2D eigenvalue weighted by molar-refractivity contribution is -0.0279. The van der Waals surface area contributed by atoms with E-state index in [-0.39, 0.29) is 17.4 Å². The van der Waals surface area contributed by atoms with Crippen molar-refractivity contribution in [2.24, 2.45) is 0 Å². The Morgan fingerprint density at radius 2 is 2.00 bits per heavy atom. The minimum atomic E-state index is -0.183. The van der Waals surface area contributed by atoms with E-state index in [9.17, 15) is 4.79 Å². The predicted octanol–water partition coefficient (Wildman–Crippen LogP) is 4.28. The number of nitrogens with one attached hydrogen (secondary N) is 2. The van der Waals surface area contributed by atoms with Gasteiger partial charge in [-0.2, -0.15) is 0 Å². The number of morpholine rings is 1. The predicted molar refractivity (Wildman–Crippen MR) is 150 cm³/mol. The topological polar surface area (TPSA) is 105 Å². The van der Waals surface area contributed by atoms with E-state index in [1.165, 1.54) is 0 Å². The van der Waals surface area contributed by atoms with Gasteiger partial charge in [0.2, 0.25) is 0 Å². The highest BCUT2D eigenvalue weighted by molar-refractivity contribution is 6.06. The lowest BCUT2D eigenvalue weighted by atomic mass is 9.96. The molecular formula is C29H33N7O2. The van der Waals surface area contributed by atoms with Crippen LogP contribution in [0.25, 0.3) is 22.2 Å². The maximum absolute atomic E-state index is 12.3. The summed E-state index contributed by atoms with van der Waals surface area (Å²) < 4.78 is 5.82. The maximum atomic E-state index is 12.3. The molecule has 4 heterocycles. The molecular weight excluding hydrogens is 478 g/mol. The standard InChI is InChI=1S/C29H33N7O2/c1-19(21-6-5-7-22-23(28(37)30-4)10-11-31-27(21)22)15-32-25-14-24(34-18-35-25)20-8-9-26(33-16-20)36-12-13-38-29(2,3)17-36/h5-11,14,16,18-19H,12-13,15,17H2,1-4H3,(H,30,37)(H,32,34,35). The fraction of sp³-hybridized carbons (Fsp3) is 0.345. The molecule has 5 rings (SSSR count). The fourth-order valence-electron chi connectivity index (χ4n) is 4.85. The molecule has 0 aliphatic carbocycles. The molecule has 0 saturated carbocycles. The smallest absolute Gasteiger partial charge is 0.251 e. The zero-order valence-electron chi connectivity index (χ0n) is 22.2. The second-order valence-electron chi connectivity index (χ2n) is 10.2. The number of hydrogen-bond acceptors (Lipinski definition) is 8. The van der Waals surface area contributed by atoms with Gasteiger partial charge in [-0.05, 0) is 37.6 Å². The van der Waals surface area contributed by atoms with Crippen molar-refractivity contribution in [3.05, 3.63) is 72.3 Å². The third-order valence-corrected chi connectivity index (χ3v) is 6.85.